The summed E-state index contributed by atoms with van der Waals surface area (Å²) >= 11 is 0. The highest BCUT2D eigenvalue weighted by molar-refractivity contribution is 6.00. The van der Waals surface area contributed by atoms with Gasteiger partial charge in [-0.2, -0.15) is 35.1 Å². The molecule has 0 bridgehead atoms. The largest absolute Gasteiger partial charge is 0.506 e. The third-order valence-electron chi connectivity index (χ3n) is 5.31. The Balaban J connectivity index is 0.000000238. The van der Waals surface area contributed by atoms with Crippen LogP contribution in [0.3, 0.4) is 0 Å². The predicted molar refractivity (Wildman–Crippen MR) is 130 cm³/mol. The number of carbonyl (C=O) groups excluding carboxylic acids is 2. The molecule has 4 rings (SSSR count). The van der Waals surface area contributed by atoms with E-state index in [1.54, 1.807) is 5.32 Å². The monoisotopic (exact) mass is 624 g/mol. The molecule has 2 aromatic heterocycles. The van der Waals surface area contributed by atoms with Crippen LogP contribution < -0.4 is 21.8 Å². The van der Waals surface area contributed by atoms with Gasteiger partial charge in [-0.3, -0.25) is 19.2 Å². The molecule has 0 aliphatic rings. The molecule has 0 aliphatic carbocycles. The van der Waals surface area contributed by atoms with Crippen molar-refractivity contribution in [1.29, 1.82) is 0 Å². The number of aromatic nitrogens is 4. The molecule has 20 heteroatoms. The zero-order valence-corrected chi connectivity index (χ0v) is 20.8. The Bertz CT molecular complexity index is 1800. The highest BCUT2D eigenvalue weighted by Crippen LogP contribution is 2.34. The molecule has 0 spiro atoms. The van der Waals surface area contributed by atoms with E-state index in [2.05, 4.69) is 19.9 Å². The first kappa shape index (κ1) is 32.2. The van der Waals surface area contributed by atoms with Crippen LogP contribution in [0.1, 0.15) is 20.7 Å². The highest BCUT2D eigenvalue weighted by Gasteiger charge is 2.57. The maximum absolute atomic E-state index is 12.7. The minimum Gasteiger partial charge on any atom is -0.506 e. The molecule has 2 heterocycles. The summed E-state index contributed by atoms with van der Waals surface area (Å²) in [6.45, 7) is -3.48. The number of hydrogen-bond acceptors (Lipinski definition) is 8. The van der Waals surface area contributed by atoms with E-state index in [-0.39, 0.29) is 27.4 Å². The number of aromatic amines is 2. The number of H-pyrrole nitrogens is 2. The summed E-state index contributed by atoms with van der Waals surface area (Å²) in [6.07, 6.45) is -8.30. The second-order valence-corrected chi connectivity index (χ2v) is 8.43. The summed E-state index contributed by atoms with van der Waals surface area (Å²) in [5.74, 6) is -8.54. The summed E-state index contributed by atoms with van der Waals surface area (Å²) in [5.41, 5.74) is -2.26. The van der Waals surface area contributed by atoms with Crippen molar-refractivity contribution in [2.45, 2.75) is 18.3 Å². The number of phenolic OH excluding ortho intramolecular Hbond substituents is 2. The van der Waals surface area contributed by atoms with Gasteiger partial charge in [0.1, 0.15) is 29.1 Å². The molecular formula is C23H16F8N6O6. The van der Waals surface area contributed by atoms with E-state index in [0.29, 0.717) is 0 Å². The third-order valence-corrected chi connectivity index (χ3v) is 5.31. The van der Waals surface area contributed by atoms with Gasteiger partial charge >= 0.3 is 18.3 Å². The molecular weight excluding hydrogens is 608 g/mol. The molecule has 0 saturated heterocycles. The number of rotatable bonds is 5. The van der Waals surface area contributed by atoms with Crippen molar-refractivity contribution in [2.75, 3.05) is 13.1 Å². The fourth-order valence-corrected chi connectivity index (χ4v) is 3.26. The quantitative estimate of drug-likeness (QED) is 0.183. The van der Waals surface area contributed by atoms with Crippen LogP contribution in [-0.4, -0.2) is 73.3 Å². The molecule has 2 amide bonds. The summed E-state index contributed by atoms with van der Waals surface area (Å²) in [6, 6.07) is 3.73. The van der Waals surface area contributed by atoms with Crippen molar-refractivity contribution in [3.63, 3.8) is 0 Å². The van der Waals surface area contributed by atoms with Crippen LogP contribution in [0.4, 0.5) is 35.1 Å². The Hall–Kier alpha value is -5.30. The first-order valence-corrected chi connectivity index (χ1v) is 11.3. The van der Waals surface area contributed by atoms with Crippen LogP contribution in [0.25, 0.3) is 21.8 Å². The van der Waals surface area contributed by atoms with Crippen LogP contribution in [0, 0.1) is 0 Å². The Morgan fingerprint density at radius 3 is 1.47 bits per heavy atom. The number of fused-ring (bicyclic) bond motifs is 2. The fraction of sp³-hybridized carbons (Fsp3) is 0.217. The lowest BCUT2D eigenvalue weighted by atomic mass is 10.1. The maximum Gasteiger partial charge on any atom is 0.455 e. The van der Waals surface area contributed by atoms with Crippen LogP contribution in [0.5, 0.6) is 11.5 Å². The van der Waals surface area contributed by atoms with Gasteiger partial charge in [0.05, 0.1) is 30.0 Å². The first-order valence-electron chi connectivity index (χ1n) is 11.3. The lowest BCUT2D eigenvalue weighted by Gasteiger charge is -2.19. The second-order valence-electron chi connectivity index (χ2n) is 8.43. The van der Waals surface area contributed by atoms with Crippen molar-refractivity contribution in [3.8, 4) is 11.5 Å². The molecule has 0 fully saturated rings. The first-order chi connectivity index (χ1) is 19.8. The lowest BCUT2D eigenvalue weighted by Crippen LogP contribution is -2.46. The number of halogens is 8. The van der Waals surface area contributed by atoms with Gasteiger partial charge in [-0.25, -0.2) is 9.97 Å². The van der Waals surface area contributed by atoms with E-state index < -0.39 is 71.4 Å². The van der Waals surface area contributed by atoms with Crippen molar-refractivity contribution in [1.82, 2.24) is 30.6 Å². The summed E-state index contributed by atoms with van der Waals surface area (Å²) in [5, 5.41) is 22.0. The number of aromatic hydroxyl groups is 2. The number of amides is 2. The molecule has 0 saturated carbocycles. The molecule has 0 aliphatic heterocycles. The summed E-state index contributed by atoms with van der Waals surface area (Å²) < 4.78 is 97.5. The molecule has 43 heavy (non-hydrogen) atoms. The topological polar surface area (TPSA) is 190 Å². The Morgan fingerprint density at radius 2 is 1.09 bits per heavy atom. The standard InChI is InChI=1S/C12H8F5N3O3.C11H8F3N3O3/c13-11(14,12(15,16)17)3-18-9(22)5-1-6-8(7(21)2-5)19-4-20-10(6)23;12-11(13,14)3-15-9(19)5-1-6-8(7(18)2-5)16-4-17-10(6)20/h1-2,4,21H,3H2,(H,18,22)(H,19,20,23);1-2,4,18H,3H2,(H,15,19)(H,16,17,20). The maximum atomic E-state index is 12.7. The smallest absolute Gasteiger partial charge is 0.455 e. The number of alkyl halides is 8. The third kappa shape index (κ3) is 7.71. The fourth-order valence-electron chi connectivity index (χ4n) is 3.26. The number of nitrogens with zero attached hydrogens (tertiary/aromatic N) is 2. The van der Waals surface area contributed by atoms with E-state index in [1.807, 2.05) is 0 Å². The minimum absolute atomic E-state index is 0.0406. The van der Waals surface area contributed by atoms with Crippen molar-refractivity contribution >= 4 is 33.6 Å². The van der Waals surface area contributed by atoms with E-state index in [9.17, 15) is 64.5 Å². The van der Waals surface area contributed by atoms with Gasteiger partial charge in [-0.05, 0) is 24.3 Å². The van der Waals surface area contributed by atoms with Gasteiger partial charge in [0.2, 0.25) is 0 Å². The molecule has 2 aromatic carbocycles. The van der Waals surface area contributed by atoms with E-state index in [1.165, 1.54) is 5.32 Å². The van der Waals surface area contributed by atoms with Crippen molar-refractivity contribution in [2.24, 2.45) is 0 Å². The Morgan fingerprint density at radius 1 is 0.698 bits per heavy atom. The number of nitrogens with one attached hydrogen (secondary N) is 4. The zero-order chi connectivity index (χ0) is 32.3. The minimum atomic E-state index is -5.81. The normalized spacial score (nSPS) is 12.0. The van der Waals surface area contributed by atoms with E-state index >= 15 is 0 Å². The number of hydrogen-bond donors (Lipinski definition) is 6. The molecule has 4 aromatic rings. The molecule has 6 N–H and O–H groups in total. The highest BCUT2D eigenvalue weighted by atomic mass is 19.4. The van der Waals surface area contributed by atoms with Crippen LogP contribution >= 0.6 is 0 Å². The van der Waals surface area contributed by atoms with Gasteiger partial charge in [0.25, 0.3) is 22.9 Å². The van der Waals surface area contributed by atoms with Crippen molar-refractivity contribution < 1.29 is 54.9 Å². The zero-order valence-electron chi connectivity index (χ0n) is 20.8. The van der Waals surface area contributed by atoms with Gasteiger partial charge in [-0.15, -0.1) is 0 Å². The molecule has 0 unspecified atom stereocenters. The average molecular weight is 624 g/mol. The van der Waals surface area contributed by atoms with Gasteiger partial charge in [0.15, 0.2) is 0 Å². The SMILES string of the molecule is O=C(NCC(F)(F)C(F)(F)F)c1cc(O)c2nc[nH]c(=O)c2c1.O=C(NCC(F)(F)F)c1cc(O)c2nc[nH]c(=O)c2c1. The molecule has 230 valence electrons. The Kier molecular flexibility index (Phi) is 8.91. The molecule has 0 radical (unpaired) electrons. The predicted octanol–water partition coefficient (Wildman–Crippen LogP) is 2.48. The molecule has 0 atom stereocenters. The van der Waals surface area contributed by atoms with E-state index in [4.69, 9.17) is 0 Å². The summed E-state index contributed by atoms with van der Waals surface area (Å²) in [7, 11) is 0. The number of carbonyl (C=O) groups is 2. The van der Waals surface area contributed by atoms with Crippen LogP contribution in [0.15, 0.2) is 46.5 Å². The number of benzene rings is 2. The summed E-state index contributed by atoms with van der Waals surface area (Å²) in [4.78, 5) is 58.0. The van der Waals surface area contributed by atoms with Gasteiger partial charge < -0.3 is 30.8 Å². The molecule has 12 nitrogen and oxygen atoms in total. The second kappa shape index (κ2) is 11.9. The van der Waals surface area contributed by atoms with Gasteiger partial charge in [0, 0.05) is 11.1 Å². The Labute approximate surface area is 231 Å². The van der Waals surface area contributed by atoms with Gasteiger partial charge in [-0.1, -0.05) is 0 Å². The average Bonchev–Trinajstić information content (AvgIpc) is 2.90. The van der Waals surface area contributed by atoms with Crippen molar-refractivity contribution in [3.05, 3.63) is 68.8 Å². The lowest BCUT2D eigenvalue weighted by molar-refractivity contribution is -0.278. The van der Waals surface area contributed by atoms with Crippen LogP contribution in [0.2, 0.25) is 0 Å². The number of phenols is 2. The van der Waals surface area contributed by atoms with Crippen LogP contribution in [-0.2, 0) is 0 Å². The van der Waals surface area contributed by atoms with E-state index in [0.717, 1.165) is 36.9 Å².